The van der Waals surface area contributed by atoms with Gasteiger partial charge in [-0.25, -0.2) is 0 Å². The van der Waals surface area contributed by atoms with Crippen molar-refractivity contribution < 1.29 is 19.4 Å². The van der Waals surface area contributed by atoms with Crippen LogP contribution >= 0.6 is 15.9 Å². The zero-order valence-corrected chi connectivity index (χ0v) is 9.88. The van der Waals surface area contributed by atoms with Crippen LogP contribution in [0, 0.1) is 5.82 Å². The van der Waals surface area contributed by atoms with Crippen LogP contribution in [0.3, 0.4) is 0 Å². The molecule has 0 amide bonds. The second-order valence-corrected chi connectivity index (χ2v) is 3.88. The molecule has 0 heterocycles. The van der Waals surface area contributed by atoms with Crippen molar-refractivity contribution in [1.82, 2.24) is 5.06 Å². The van der Waals surface area contributed by atoms with E-state index in [9.17, 15) is 9.50 Å². The summed E-state index contributed by atoms with van der Waals surface area (Å²) in [6.07, 6.45) is 0. The zero-order valence-electron chi connectivity index (χ0n) is 8.29. The average Bonchev–Trinajstić information content (AvgIpc) is 2.14. The molecule has 0 fully saturated rings. The molecule has 15 heavy (non-hydrogen) atoms. The molecule has 1 aromatic carbocycles. The van der Waals surface area contributed by atoms with E-state index in [0.29, 0.717) is 5.56 Å². The van der Waals surface area contributed by atoms with Crippen molar-refractivity contribution in [2.45, 2.75) is 6.54 Å². The monoisotopic (exact) mass is 279 g/mol. The minimum atomic E-state index is -0.844. The first-order valence-corrected chi connectivity index (χ1v) is 4.90. The minimum absolute atomic E-state index is 0.0726. The summed E-state index contributed by atoms with van der Waals surface area (Å²) in [5, 5.41) is 19.2. The van der Waals surface area contributed by atoms with E-state index in [1.807, 2.05) is 0 Å². The smallest absolute Gasteiger partial charge is 0.208 e. The van der Waals surface area contributed by atoms with Crippen LogP contribution in [-0.4, -0.2) is 29.5 Å². The number of nitrogens with zero attached hydrogens (tertiary/aromatic N) is 1. The van der Waals surface area contributed by atoms with Crippen molar-refractivity contribution in [3.8, 4) is 11.5 Å². The van der Waals surface area contributed by atoms with Gasteiger partial charge in [0.15, 0.2) is 11.5 Å². The lowest BCUT2D eigenvalue weighted by molar-refractivity contribution is -0.0736. The summed E-state index contributed by atoms with van der Waals surface area (Å²) in [6.45, 7) is 0.0962. The second kappa shape index (κ2) is 4.78. The summed E-state index contributed by atoms with van der Waals surface area (Å²) in [5.74, 6) is -1.42. The Morgan fingerprint density at radius 1 is 1.60 bits per heavy atom. The molecule has 6 heteroatoms. The van der Waals surface area contributed by atoms with Crippen molar-refractivity contribution >= 4 is 15.9 Å². The molecule has 0 radical (unpaired) electrons. The van der Waals surface area contributed by atoms with Gasteiger partial charge in [0.25, 0.3) is 0 Å². The van der Waals surface area contributed by atoms with Gasteiger partial charge in [0.1, 0.15) is 0 Å². The van der Waals surface area contributed by atoms with E-state index in [1.54, 1.807) is 0 Å². The molecule has 1 rings (SSSR count). The Bertz CT molecular complexity index is 371. The molecule has 0 aromatic heterocycles. The van der Waals surface area contributed by atoms with Crippen molar-refractivity contribution in [2.75, 3.05) is 14.2 Å². The first-order valence-electron chi connectivity index (χ1n) is 4.11. The van der Waals surface area contributed by atoms with Crippen molar-refractivity contribution in [1.29, 1.82) is 0 Å². The standard InChI is InChI=1S/C9H11BrFNO3/c1-12(14)4-5-3-6(10)8(13)7(11)9(5)15-2/h3,13-14H,4H2,1-2H3. The molecule has 0 spiro atoms. The van der Waals surface area contributed by atoms with Crippen LogP contribution in [0.15, 0.2) is 10.5 Å². The first kappa shape index (κ1) is 12.2. The summed E-state index contributed by atoms with van der Waals surface area (Å²) in [4.78, 5) is 0. The lowest BCUT2D eigenvalue weighted by Crippen LogP contribution is -2.13. The number of benzene rings is 1. The maximum absolute atomic E-state index is 13.5. The number of hydrogen-bond acceptors (Lipinski definition) is 4. The van der Waals surface area contributed by atoms with E-state index in [1.165, 1.54) is 20.2 Å². The molecule has 0 unspecified atom stereocenters. The highest BCUT2D eigenvalue weighted by molar-refractivity contribution is 9.10. The van der Waals surface area contributed by atoms with E-state index >= 15 is 0 Å². The van der Waals surface area contributed by atoms with Gasteiger partial charge in [-0.15, -0.1) is 0 Å². The van der Waals surface area contributed by atoms with E-state index < -0.39 is 11.6 Å². The van der Waals surface area contributed by atoms with Crippen LogP contribution in [0.5, 0.6) is 11.5 Å². The average molecular weight is 280 g/mol. The summed E-state index contributed by atoms with van der Waals surface area (Å²) in [5.41, 5.74) is 0.435. The fraction of sp³-hybridized carbons (Fsp3) is 0.333. The van der Waals surface area contributed by atoms with Gasteiger partial charge in [-0.05, 0) is 22.0 Å². The third-order valence-corrected chi connectivity index (χ3v) is 2.43. The van der Waals surface area contributed by atoms with Crippen LogP contribution in [0.1, 0.15) is 5.56 Å². The summed E-state index contributed by atoms with van der Waals surface area (Å²) >= 11 is 3.00. The summed E-state index contributed by atoms with van der Waals surface area (Å²) in [7, 11) is 2.73. The molecular formula is C9H11BrFNO3. The molecule has 4 nitrogen and oxygen atoms in total. The number of hydrogen-bond donors (Lipinski definition) is 2. The summed E-state index contributed by atoms with van der Waals surface area (Å²) < 4.78 is 18.5. The van der Waals surface area contributed by atoms with Gasteiger partial charge >= 0.3 is 0 Å². The predicted octanol–water partition coefficient (Wildman–Crippen LogP) is 2.12. The highest BCUT2D eigenvalue weighted by Gasteiger charge is 2.17. The van der Waals surface area contributed by atoms with E-state index in [0.717, 1.165) is 5.06 Å². The minimum Gasteiger partial charge on any atom is -0.504 e. The quantitative estimate of drug-likeness (QED) is 0.833. The normalized spacial score (nSPS) is 10.8. The van der Waals surface area contributed by atoms with Crippen LogP contribution in [0.2, 0.25) is 0 Å². The number of rotatable bonds is 3. The molecule has 0 atom stereocenters. The molecule has 0 saturated carbocycles. The molecular weight excluding hydrogens is 269 g/mol. The lowest BCUT2D eigenvalue weighted by Gasteiger charge is -2.14. The number of methoxy groups -OCH3 is 1. The zero-order chi connectivity index (χ0) is 11.6. The fourth-order valence-corrected chi connectivity index (χ4v) is 1.68. The number of halogens is 2. The number of ether oxygens (including phenoxy) is 1. The SMILES string of the molecule is COc1c(CN(C)O)cc(Br)c(O)c1F. The number of phenolic OH excluding ortho intramolecular Hbond substituents is 1. The number of aromatic hydroxyl groups is 1. The van der Waals surface area contributed by atoms with Gasteiger partial charge in [0.05, 0.1) is 18.1 Å². The molecule has 0 aliphatic heterocycles. The van der Waals surface area contributed by atoms with Gasteiger partial charge in [-0.3, -0.25) is 0 Å². The second-order valence-electron chi connectivity index (χ2n) is 3.03. The van der Waals surface area contributed by atoms with E-state index in [-0.39, 0.29) is 16.8 Å². The maximum Gasteiger partial charge on any atom is 0.208 e. The van der Waals surface area contributed by atoms with Crippen LogP contribution < -0.4 is 4.74 Å². The molecule has 0 aliphatic carbocycles. The number of phenols is 1. The highest BCUT2D eigenvalue weighted by Crippen LogP contribution is 2.36. The Labute approximate surface area is 95.0 Å². The Hall–Kier alpha value is -0.850. The Morgan fingerprint density at radius 2 is 2.20 bits per heavy atom. The summed E-state index contributed by atoms with van der Waals surface area (Å²) in [6, 6.07) is 1.49. The van der Waals surface area contributed by atoms with Gasteiger partial charge in [-0.1, -0.05) is 0 Å². The first-order chi connectivity index (χ1) is 6.97. The Kier molecular flexibility index (Phi) is 3.90. The van der Waals surface area contributed by atoms with Crippen LogP contribution in [-0.2, 0) is 6.54 Å². The van der Waals surface area contributed by atoms with Gasteiger partial charge in [0, 0.05) is 12.6 Å². The van der Waals surface area contributed by atoms with E-state index in [4.69, 9.17) is 9.94 Å². The molecule has 0 aliphatic rings. The van der Waals surface area contributed by atoms with E-state index in [2.05, 4.69) is 15.9 Å². The van der Waals surface area contributed by atoms with Crippen molar-refractivity contribution in [3.05, 3.63) is 21.9 Å². The van der Waals surface area contributed by atoms with Crippen LogP contribution in [0.25, 0.3) is 0 Å². The molecule has 0 bridgehead atoms. The molecule has 1 aromatic rings. The topological polar surface area (TPSA) is 52.9 Å². The maximum atomic E-state index is 13.5. The predicted molar refractivity (Wildman–Crippen MR) is 55.6 cm³/mol. The van der Waals surface area contributed by atoms with Gasteiger partial charge < -0.3 is 15.1 Å². The van der Waals surface area contributed by atoms with Crippen molar-refractivity contribution in [3.63, 3.8) is 0 Å². The fourth-order valence-electron chi connectivity index (χ4n) is 1.22. The molecule has 84 valence electrons. The highest BCUT2D eigenvalue weighted by atomic mass is 79.9. The third kappa shape index (κ3) is 2.58. The number of hydroxylamine groups is 2. The van der Waals surface area contributed by atoms with Crippen molar-refractivity contribution in [2.24, 2.45) is 0 Å². The Morgan fingerprint density at radius 3 is 2.67 bits per heavy atom. The molecule has 0 saturated heterocycles. The molecule has 2 N–H and O–H groups in total. The van der Waals surface area contributed by atoms with Gasteiger partial charge in [-0.2, -0.15) is 9.45 Å². The lowest BCUT2D eigenvalue weighted by atomic mass is 10.2. The van der Waals surface area contributed by atoms with Crippen LogP contribution in [0.4, 0.5) is 4.39 Å². The Balaban J connectivity index is 3.25. The van der Waals surface area contributed by atoms with Gasteiger partial charge in [0.2, 0.25) is 5.82 Å². The third-order valence-electron chi connectivity index (χ3n) is 1.83. The largest absolute Gasteiger partial charge is 0.504 e.